The number of hydrogen-bond acceptors (Lipinski definition) is 4. The molecule has 194 valence electrons. The number of aryl methyl sites for hydroxylation is 1. The van der Waals surface area contributed by atoms with Crippen molar-refractivity contribution in [1.29, 1.82) is 0 Å². The predicted molar refractivity (Wildman–Crippen MR) is 146 cm³/mol. The molecule has 1 aromatic heterocycles. The van der Waals surface area contributed by atoms with Gasteiger partial charge in [0.15, 0.2) is 0 Å². The van der Waals surface area contributed by atoms with Crippen molar-refractivity contribution in [3.63, 3.8) is 0 Å². The summed E-state index contributed by atoms with van der Waals surface area (Å²) in [4.78, 5) is 34.1. The molecule has 0 radical (unpaired) electrons. The molecule has 2 atom stereocenters. The van der Waals surface area contributed by atoms with Gasteiger partial charge in [0.05, 0.1) is 6.04 Å². The number of nitrogens with zero attached hydrogens (tertiary/aromatic N) is 3. The Bertz CT molecular complexity index is 1040. The third kappa shape index (κ3) is 5.70. The number of rotatable bonds is 7. The summed E-state index contributed by atoms with van der Waals surface area (Å²) in [6.07, 6.45) is 8.53. The maximum Gasteiger partial charge on any atom is 0.223 e. The van der Waals surface area contributed by atoms with Crippen molar-refractivity contribution >= 4 is 23.2 Å². The van der Waals surface area contributed by atoms with E-state index in [9.17, 15) is 9.59 Å². The summed E-state index contributed by atoms with van der Waals surface area (Å²) in [6, 6.07) is 11.5. The molecule has 2 fully saturated rings. The SMILES string of the molecule is Cc1ccc(C2c3ccsc3CCN2CCC(=O)N2CCN(C(=O)CCC3CCCC3)C(C)C2)cc1. The fraction of sp³-hybridized carbons (Fsp3) is 0.600. The van der Waals surface area contributed by atoms with Gasteiger partial charge in [-0.05, 0) is 55.2 Å². The van der Waals surface area contributed by atoms with Crippen LogP contribution in [-0.2, 0) is 16.0 Å². The normalized spacial score (nSPS) is 23.2. The maximum atomic E-state index is 13.2. The maximum absolute atomic E-state index is 13.2. The van der Waals surface area contributed by atoms with Crippen LogP contribution in [0.5, 0.6) is 0 Å². The molecule has 2 aromatic rings. The van der Waals surface area contributed by atoms with E-state index in [1.807, 2.05) is 21.1 Å². The summed E-state index contributed by atoms with van der Waals surface area (Å²) in [5.41, 5.74) is 3.98. The number of fused-ring (bicyclic) bond motifs is 1. The third-order valence-electron chi connectivity index (χ3n) is 8.61. The molecule has 1 saturated carbocycles. The fourth-order valence-corrected chi connectivity index (χ4v) is 7.37. The van der Waals surface area contributed by atoms with Crippen molar-refractivity contribution in [2.24, 2.45) is 5.92 Å². The smallest absolute Gasteiger partial charge is 0.223 e. The number of carbonyl (C=O) groups excluding carboxylic acids is 2. The summed E-state index contributed by atoms with van der Waals surface area (Å²) in [6.45, 7) is 7.97. The minimum atomic E-state index is 0.0995. The molecule has 3 aliphatic rings. The average molecular weight is 508 g/mol. The van der Waals surface area contributed by atoms with Crippen molar-refractivity contribution in [3.05, 3.63) is 57.3 Å². The molecule has 1 aromatic carbocycles. The second-order valence-corrected chi connectivity index (χ2v) is 12.1. The summed E-state index contributed by atoms with van der Waals surface area (Å²) in [5, 5.41) is 2.20. The number of piperazine rings is 1. The van der Waals surface area contributed by atoms with Gasteiger partial charge < -0.3 is 9.80 Å². The zero-order chi connectivity index (χ0) is 25.1. The molecule has 2 aliphatic heterocycles. The Balaban J connectivity index is 1.15. The molecule has 1 saturated heterocycles. The van der Waals surface area contributed by atoms with Gasteiger partial charge in [0.25, 0.3) is 0 Å². The molecule has 2 amide bonds. The molecule has 36 heavy (non-hydrogen) atoms. The molecule has 0 bridgehead atoms. The van der Waals surface area contributed by atoms with Gasteiger partial charge in [-0.3, -0.25) is 14.5 Å². The third-order valence-corrected chi connectivity index (χ3v) is 9.61. The Morgan fingerprint density at radius 2 is 1.75 bits per heavy atom. The van der Waals surface area contributed by atoms with Crippen LogP contribution in [0.2, 0.25) is 0 Å². The minimum absolute atomic E-state index is 0.0995. The molecule has 1 aliphatic carbocycles. The highest BCUT2D eigenvalue weighted by molar-refractivity contribution is 7.10. The van der Waals surface area contributed by atoms with Gasteiger partial charge in [-0.2, -0.15) is 0 Å². The van der Waals surface area contributed by atoms with Gasteiger partial charge >= 0.3 is 0 Å². The van der Waals surface area contributed by atoms with E-state index in [-0.39, 0.29) is 23.9 Å². The molecule has 6 heteroatoms. The van der Waals surface area contributed by atoms with Crippen LogP contribution < -0.4 is 0 Å². The Labute approximate surface area is 220 Å². The van der Waals surface area contributed by atoms with E-state index in [0.717, 1.165) is 31.8 Å². The van der Waals surface area contributed by atoms with Gasteiger partial charge in [0.2, 0.25) is 11.8 Å². The average Bonchev–Trinajstić information content (AvgIpc) is 3.58. The van der Waals surface area contributed by atoms with Gasteiger partial charge in [-0.25, -0.2) is 0 Å². The van der Waals surface area contributed by atoms with E-state index < -0.39 is 0 Å². The quantitative estimate of drug-likeness (QED) is 0.502. The second kappa shape index (κ2) is 11.5. The highest BCUT2D eigenvalue weighted by atomic mass is 32.1. The number of amides is 2. The van der Waals surface area contributed by atoms with E-state index >= 15 is 0 Å². The van der Waals surface area contributed by atoms with E-state index in [0.29, 0.717) is 32.5 Å². The van der Waals surface area contributed by atoms with E-state index in [1.54, 1.807) is 0 Å². The van der Waals surface area contributed by atoms with Gasteiger partial charge in [0.1, 0.15) is 0 Å². The van der Waals surface area contributed by atoms with Gasteiger partial charge in [-0.15, -0.1) is 11.3 Å². The number of benzene rings is 1. The molecule has 2 unspecified atom stereocenters. The first-order chi connectivity index (χ1) is 17.5. The first-order valence-electron chi connectivity index (χ1n) is 13.9. The summed E-state index contributed by atoms with van der Waals surface area (Å²) in [5.74, 6) is 1.25. The monoisotopic (exact) mass is 507 g/mol. The van der Waals surface area contributed by atoms with Crippen LogP contribution in [0.3, 0.4) is 0 Å². The van der Waals surface area contributed by atoms with Gasteiger partial charge in [-0.1, -0.05) is 55.5 Å². The van der Waals surface area contributed by atoms with Crippen LogP contribution in [0.1, 0.15) is 79.5 Å². The highest BCUT2D eigenvalue weighted by Crippen LogP contribution is 2.38. The van der Waals surface area contributed by atoms with E-state index in [2.05, 4.69) is 54.5 Å². The molecular weight excluding hydrogens is 466 g/mol. The molecule has 0 spiro atoms. The summed E-state index contributed by atoms with van der Waals surface area (Å²) in [7, 11) is 0. The first kappa shape index (κ1) is 25.5. The van der Waals surface area contributed by atoms with Crippen LogP contribution in [0.15, 0.2) is 35.7 Å². The first-order valence-corrected chi connectivity index (χ1v) is 14.8. The molecule has 5 nitrogen and oxygen atoms in total. The molecule has 0 N–H and O–H groups in total. The fourth-order valence-electron chi connectivity index (χ4n) is 6.47. The largest absolute Gasteiger partial charge is 0.339 e. The van der Waals surface area contributed by atoms with Crippen molar-refractivity contribution < 1.29 is 9.59 Å². The molecule has 3 heterocycles. The Morgan fingerprint density at radius 3 is 2.50 bits per heavy atom. The Morgan fingerprint density at radius 1 is 0.972 bits per heavy atom. The minimum Gasteiger partial charge on any atom is -0.339 e. The summed E-state index contributed by atoms with van der Waals surface area (Å²) >= 11 is 1.86. The van der Waals surface area contributed by atoms with Crippen LogP contribution in [-0.4, -0.2) is 65.3 Å². The number of carbonyl (C=O) groups is 2. The molecule has 5 rings (SSSR count). The standard InChI is InChI=1S/C30H41N3O2S/c1-22-7-10-25(11-8-22)30-26-15-20-36-27(26)13-16-31(30)17-14-28(34)32-18-19-33(23(2)21-32)29(35)12-9-24-5-3-4-6-24/h7-8,10-11,15,20,23-24,30H,3-6,9,12-14,16-19,21H2,1-2H3. The predicted octanol–water partition coefficient (Wildman–Crippen LogP) is 5.42. The molecular formula is C30H41N3O2S. The van der Waals surface area contributed by atoms with E-state index in [4.69, 9.17) is 0 Å². The zero-order valence-corrected chi connectivity index (χ0v) is 22.8. The van der Waals surface area contributed by atoms with Crippen LogP contribution in [0, 0.1) is 12.8 Å². The van der Waals surface area contributed by atoms with Crippen molar-refractivity contribution in [3.8, 4) is 0 Å². The lowest BCUT2D eigenvalue weighted by atomic mass is 9.92. The van der Waals surface area contributed by atoms with Crippen molar-refractivity contribution in [2.45, 2.75) is 77.3 Å². The number of hydrogen-bond donors (Lipinski definition) is 0. The lowest BCUT2D eigenvalue weighted by Crippen LogP contribution is -2.55. The Hall–Kier alpha value is -2.18. The van der Waals surface area contributed by atoms with Crippen molar-refractivity contribution in [2.75, 3.05) is 32.7 Å². The highest BCUT2D eigenvalue weighted by Gasteiger charge is 2.32. The number of thiophene rings is 1. The zero-order valence-electron chi connectivity index (χ0n) is 22.0. The second-order valence-electron chi connectivity index (χ2n) is 11.1. The van der Waals surface area contributed by atoms with Crippen LogP contribution >= 0.6 is 11.3 Å². The topological polar surface area (TPSA) is 43.9 Å². The Kier molecular flexibility index (Phi) is 8.12. The van der Waals surface area contributed by atoms with Crippen molar-refractivity contribution in [1.82, 2.24) is 14.7 Å². The van der Waals surface area contributed by atoms with E-state index in [1.165, 1.54) is 47.3 Å². The van der Waals surface area contributed by atoms with Gasteiger partial charge in [0, 0.05) is 56.5 Å². The summed E-state index contributed by atoms with van der Waals surface area (Å²) < 4.78 is 0. The lowest BCUT2D eigenvalue weighted by Gasteiger charge is -2.41. The van der Waals surface area contributed by atoms with Crippen LogP contribution in [0.25, 0.3) is 0 Å². The lowest BCUT2D eigenvalue weighted by molar-refractivity contribution is -0.142. The van der Waals surface area contributed by atoms with Crippen LogP contribution in [0.4, 0.5) is 0 Å².